The van der Waals surface area contributed by atoms with E-state index in [9.17, 15) is 20.2 Å². The number of amides is 2. The van der Waals surface area contributed by atoms with E-state index in [1.54, 1.807) is 26.0 Å². The summed E-state index contributed by atoms with van der Waals surface area (Å²) in [5.41, 5.74) is 6.76. The largest absolute Gasteiger partial charge is 0.497 e. The van der Waals surface area contributed by atoms with E-state index in [4.69, 9.17) is 18.9 Å². The number of urea groups is 1. The molecule has 1 saturated heterocycles. The summed E-state index contributed by atoms with van der Waals surface area (Å²) in [5.74, 6) is -1.36. The maximum Gasteiger partial charge on any atom is 0.338 e. The third kappa shape index (κ3) is 5.80. The van der Waals surface area contributed by atoms with Crippen LogP contribution in [0.5, 0.6) is 5.75 Å². The lowest BCUT2D eigenvalue weighted by Gasteiger charge is -2.49. The lowest BCUT2D eigenvalue weighted by atomic mass is 9.73. The van der Waals surface area contributed by atoms with E-state index in [-0.39, 0.29) is 12.2 Å². The Morgan fingerprint density at radius 2 is 1.84 bits per heavy atom. The van der Waals surface area contributed by atoms with E-state index in [1.165, 1.54) is 52.1 Å². The van der Waals surface area contributed by atoms with Crippen molar-refractivity contribution in [3.05, 3.63) is 76.7 Å². The van der Waals surface area contributed by atoms with Crippen LogP contribution in [0.15, 0.2) is 60.2 Å². The van der Waals surface area contributed by atoms with Crippen LogP contribution in [-0.4, -0.2) is 90.5 Å². The molecule has 0 radical (unpaired) electrons. The van der Waals surface area contributed by atoms with Crippen molar-refractivity contribution in [2.45, 2.75) is 75.3 Å². The highest BCUT2D eigenvalue weighted by Crippen LogP contribution is 2.57. The third-order valence-corrected chi connectivity index (χ3v) is 8.80. The molecule has 2 aromatic carbocycles. The number of nitrogens with zero attached hydrogens (tertiary/aromatic N) is 4. The monoisotopic (exact) mass is 622 g/mol. The summed E-state index contributed by atoms with van der Waals surface area (Å²) in [6.07, 6.45) is -1.28. The molecule has 0 bridgehead atoms. The standard InChI is InChI=1S/C32H42N6O7/c1-19(2)22-11-10-12-23(17-22)34-25-26(36-37-33)32(35-28(40)38(7)8,30(6,41)31(25)18-43-29(4,5)45-31)20(3)44-27(39)21-13-15-24(42-9)16-14-21/h10-17,20,25-26,34,41H,1,18H2,2-9H3,(H,35,40)/t20-,25-,26-,30-,31+,32-/m0/s1. The van der Waals surface area contributed by atoms with E-state index >= 15 is 0 Å². The highest BCUT2D eigenvalue weighted by Gasteiger charge is 2.80. The summed E-state index contributed by atoms with van der Waals surface area (Å²) in [6, 6.07) is 10.8. The van der Waals surface area contributed by atoms with Gasteiger partial charge in [-0.2, -0.15) is 0 Å². The van der Waals surface area contributed by atoms with Gasteiger partial charge in [-0.3, -0.25) is 0 Å². The van der Waals surface area contributed by atoms with Crippen molar-refractivity contribution < 1.29 is 33.6 Å². The van der Waals surface area contributed by atoms with E-state index in [2.05, 4.69) is 27.2 Å². The van der Waals surface area contributed by atoms with Crippen molar-refractivity contribution in [2.24, 2.45) is 5.11 Å². The second kappa shape index (κ2) is 12.2. The highest BCUT2D eigenvalue weighted by atomic mass is 16.8. The van der Waals surface area contributed by atoms with Crippen molar-refractivity contribution in [3.63, 3.8) is 0 Å². The molecule has 242 valence electrons. The average Bonchev–Trinajstić information content (AvgIpc) is 3.39. The van der Waals surface area contributed by atoms with Crippen LogP contribution in [0.1, 0.15) is 50.5 Å². The second-order valence-electron chi connectivity index (χ2n) is 12.4. The number of hydrogen-bond acceptors (Lipinski definition) is 9. The molecule has 45 heavy (non-hydrogen) atoms. The molecule has 2 aliphatic rings. The molecule has 2 amide bonds. The number of carbonyl (C=O) groups excluding carboxylic acids is 2. The van der Waals surface area contributed by atoms with Crippen LogP contribution in [0.3, 0.4) is 0 Å². The van der Waals surface area contributed by atoms with Crippen LogP contribution in [0.2, 0.25) is 0 Å². The normalized spacial score (nSPS) is 28.9. The van der Waals surface area contributed by atoms with Gasteiger partial charge in [-0.1, -0.05) is 29.4 Å². The van der Waals surface area contributed by atoms with Crippen molar-refractivity contribution >= 4 is 23.3 Å². The quantitative estimate of drug-likeness (QED) is 0.156. The topological polar surface area (TPSA) is 167 Å². The molecule has 0 unspecified atom stereocenters. The molecular formula is C32H42N6O7. The zero-order chi connectivity index (χ0) is 33.4. The van der Waals surface area contributed by atoms with Gasteiger partial charge in [0.15, 0.2) is 5.79 Å². The lowest BCUT2D eigenvalue weighted by molar-refractivity contribution is -0.219. The molecule has 4 rings (SSSR count). The second-order valence-corrected chi connectivity index (χ2v) is 12.4. The van der Waals surface area contributed by atoms with E-state index in [1.807, 2.05) is 31.2 Å². The van der Waals surface area contributed by atoms with Gasteiger partial charge in [-0.15, -0.1) is 0 Å². The molecule has 13 nitrogen and oxygen atoms in total. The van der Waals surface area contributed by atoms with E-state index in [0.717, 1.165) is 11.1 Å². The lowest BCUT2D eigenvalue weighted by Crippen LogP contribution is -2.75. The zero-order valence-corrected chi connectivity index (χ0v) is 27.0. The van der Waals surface area contributed by atoms with Gasteiger partial charge in [-0.25, -0.2) is 9.59 Å². The molecular weight excluding hydrogens is 580 g/mol. The summed E-state index contributed by atoms with van der Waals surface area (Å²) >= 11 is 0. The summed E-state index contributed by atoms with van der Waals surface area (Å²) in [6.45, 7) is 12.2. The van der Waals surface area contributed by atoms with E-state index in [0.29, 0.717) is 11.4 Å². The minimum Gasteiger partial charge on any atom is -0.497 e. The van der Waals surface area contributed by atoms with Gasteiger partial charge in [0, 0.05) is 24.7 Å². The minimum atomic E-state index is -2.08. The molecule has 0 aromatic heterocycles. The van der Waals surface area contributed by atoms with Crippen molar-refractivity contribution in [2.75, 3.05) is 33.1 Å². The van der Waals surface area contributed by atoms with Gasteiger partial charge in [0.25, 0.3) is 0 Å². The Kier molecular flexibility index (Phi) is 9.14. The van der Waals surface area contributed by atoms with Gasteiger partial charge < -0.3 is 39.6 Å². The fourth-order valence-electron chi connectivity index (χ4n) is 6.36. The number of benzene rings is 2. The number of nitrogens with one attached hydrogen (secondary N) is 2. The van der Waals surface area contributed by atoms with Crippen LogP contribution in [0.25, 0.3) is 16.0 Å². The Hall–Kier alpha value is -4.29. The van der Waals surface area contributed by atoms with Crippen molar-refractivity contribution in [3.8, 4) is 5.75 Å². The Morgan fingerprint density at radius 3 is 2.38 bits per heavy atom. The molecule has 1 aliphatic heterocycles. The van der Waals surface area contributed by atoms with Gasteiger partial charge in [0.1, 0.15) is 28.6 Å². The summed E-state index contributed by atoms with van der Waals surface area (Å²) in [7, 11) is 4.56. The SMILES string of the molecule is C=C(C)c1cccc(N[C@H]2[C@H](N=[N+]=[N-])[C@@](NC(=O)N(C)C)([C@H](C)OC(=O)c3ccc(OC)cc3)[C@@](C)(O)[C@@]23COC(C)(C)O3)c1. The van der Waals surface area contributed by atoms with Crippen LogP contribution >= 0.6 is 0 Å². The van der Waals surface area contributed by atoms with Gasteiger partial charge in [0.05, 0.1) is 31.4 Å². The number of hydrogen-bond donors (Lipinski definition) is 3. The highest BCUT2D eigenvalue weighted by molar-refractivity contribution is 5.89. The number of ether oxygens (including phenoxy) is 4. The van der Waals surface area contributed by atoms with Gasteiger partial charge in [0.2, 0.25) is 0 Å². The fraction of sp³-hybridized carbons (Fsp3) is 0.500. The van der Waals surface area contributed by atoms with Gasteiger partial charge >= 0.3 is 12.0 Å². The number of aliphatic hydroxyl groups is 1. The average molecular weight is 623 g/mol. The Labute approximate surface area is 263 Å². The van der Waals surface area contributed by atoms with Crippen LogP contribution in [-0.2, 0) is 14.2 Å². The van der Waals surface area contributed by atoms with E-state index < -0.39 is 52.7 Å². The smallest absolute Gasteiger partial charge is 0.338 e. The molecule has 3 N–H and O–H groups in total. The Morgan fingerprint density at radius 1 is 1.18 bits per heavy atom. The summed E-state index contributed by atoms with van der Waals surface area (Å²) in [5, 5.41) is 23.3. The van der Waals surface area contributed by atoms with Crippen LogP contribution in [0.4, 0.5) is 10.5 Å². The predicted octanol–water partition coefficient (Wildman–Crippen LogP) is 4.73. The molecule has 2 aromatic rings. The molecule has 1 heterocycles. The first-order valence-electron chi connectivity index (χ1n) is 14.5. The first-order chi connectivity index (χ1) is 21.0. The number of anilines is 1. The number of rotatable bonds is 9. The number of esters is 1. The van der Waals surface area contributed by atoms with Crippen molar-refractivity contribution in [1.29, 1.82) is 0 Å². The van der Waals surface area contributed by atoms with Crippen LogP contribution < -0.4 is 15.4 Å². The number of methoxy groups -OCH3 is 1. The summed E-state index contributed by atoms with van der Waals surface area (Å²) in [4.78, 5) is 31.4. The number of azide groups is 1. The number of allylic oxidation sites excluding steroid dienone is 1. The molecule has 1 saturated carbocycles. The maximum absolute atomic E-state index is 13.5. The summed E-state index contributed by atoms with van der Waals surface area (Å²) < 4.78 is 23.8. The number of carbonyl (C=O) groups is 2. The Balaban J connectivity index is 1.92. The maximum atomic E-state index is 13.5. The first-order valence-corrected chi connectivity index (χ1v) is 14.5. The predicted molar refractivity (Wildman–Crippen MR) is 169 cm³/mol. The van der Waals surface area contributed by atoms with Gasteiger partial charge in [-0.05, 0) is 82.1 Å². The zero-order valence-electron chi connectivity index (χ0n) is 27.0. The fourth-order valence-corrected chi connectivity index (χ4v) is 6.36. The first kappa shape index (κ1) is 33.6. The molecule has 2 fully saturated rings. The minimum absolute atomic E-state index is 0.152. The molecule has 1 aliphatic carbocycles. The molecule has 13 heteroatoms. The molecule has 6 atom stereocenters. The van der Waals surface area contributed by atoms with Crippen LogP contribution in [0, 0.1) is 0 Å². The third-order valence-electron chi connectivity index (χ3n) is 8.80. The Bertz CT molecular complexity index is 1500. The van der Waals surface area contributed by atoms with Crippen molar-refractivity contribution in [1.82, 2.24) is 10.2 Å². The molecule has 1 spiro atoms.